The fourth-order valence-corrected chi connectivity index (χ4v) is 5.62. The SMILES string of the molecule is COc1ccc(-c2cc3c(s2)CCOC32CCN(C(=O)c3ccc(CO)o3)CC2)nc1. The number of pyridine rings is 1. The predicted octanol–water partition coefficient (Wildman–Crippen LogP) is 3.61. The quantitative estimate of drug-likeness (QED) is 0.667. The molecule has 5 rings (SSSR count). The molecule has 1 amide bonds. The highest BCUT2D eigenvalue weighted by Gasteiger charge is 2.43. The number of rotatable bonds is 4. The average Bonchev–Trinajstić information content (AvgIpc) is 3.47. The second kappa shape index (κ2) is 8.11. The van der Waals surface area contributed by atoms with Crippen molar-refractivity contribution in [1.29, 1.82) is 0 Å². The lowest BCUT2D eigenvalue weighted by molar-refractivity contribution is -0.0928. The zero-order valence-electron chi connectivity index (χ0n) is 17.3. The summed E-state index contributed by atoms with van der Waals surface area (Å²) in [5.41, 5.74) is 1.81. The molecule has 7 nitrogen and oxygen atoms in total. The van der Waals surface area contributed by atoms with Gasteiger partial charge in [0.1, 0.15) is 18.1 Å². The highest BCUT2D eigenvalue weighted by Crippen LogP contribution is 2.46. The number of nitrogens with zero attached hydrogens (tertiary/aromatic N) is 2. The molecule has 2 aliphatic heterocycles. The number of hydrogen-bond acceptors (Lipinski definition) is 7. The van der Waals surface area contributed by atoms with Crippen molar-refractivity contribution < 1.29 is 23.8 Å². The van der Waals surface area contributed by atoms with Crippen LogP contribution >= 0.6 is 11.3 Å². The molecule has 1 fully saturated rings. The zero-order valence-corrected chi connectivity index (χ0v) is 18.1. The number of furan rings is 1. The smallest absolute Gasteiger partial charge is 0.289 e. The number of carbonyl (C=O) groups excluding carboxylic acids is 1. The number of hydrogen-bond donors (Lipinski definition) is 1. The van der Waals surface area contributed by atoms with Gasteiger partial charge in [0, 0.05) is 24.4 Å². The molecule has 5 heterocycles. The van der Waals surface area contributed by atoms with Gasteiger partial charge in [0.25, 0.3) is 5.91 Å². The molecule has 0 bridgehead atoms. The van der Waals surface area contributed by atoms with Gasteiger partial charge >= 0.3 is 0 Å². The summed E-state index contributed by atoms with van der Waals surface area (Å²) < 4.78 is 17.0. The fourth-order valence-electron chi connectivity index (χ4n) is 4.41. The van der Waals surface area contributed by atoms with E-state index in [0.29, 0.717) is 25.5 Å². The van der Waals surface area contributed by atoms with Crippen LogP contribution in [0.2, 0.25) is 0 Å². The van der Waals surface area contributed by atoms with Gasteiger partial charge in [0.15, 0.2) is 5.76 Å². The Morgan fingerprint density at radius 2 is 2.13 bits per heavy atom. The first kappa shape index (κ1) is 20.2. The highest BCUT2D eigenvalue weighted by atomic mass is 32.1. The van der Waals surface area contributed by atoms with E-state index < -0.39 is 0 Å². The number of ether oxygens (including phenoxy) is 2. The molecule has 1 spiro atoms. The molecule has 31 heavy (non-hydrogen) atoms. The van der Waals surface area contributed by atoms with E-state index in [2.05, 4.69) is 11.1 Å². The number of amides is 1. The monoisotopic (exact) mass is 440 g/mol. The van der Waals surface area contributed by atoms with Crippen molar-refractivity contribution in [3.63, 3.8) is 0 Å². The topological polar surface area (TPSA) is 85.0 Å². The number of thiophene rings is 1. The summed E-state index contributed by atoms with van der Waals surface area (Å²) in [6.07, 6.45) is 4.12. The van der Waals surface area contributed by atoms with E-state index in [4.69, 9.17) is 19.0 Å². The first-order chi connectivity index (χ1) is 15.1. The molecule has 0 aliphatic carbocycles. The number of methoxy groups -OCH3 is 1. The molecule has 0 unspecified atom stereocenters. The number of aliphatic hydroxyl groups excluding tert-OH is 1. The van der Waals surface area contributed by atoms with Gasteiger partial charge in [-0.25, -0.2) is 0 Å². The molecule has 3 aromatic rings. The summed E-state index contributed by atoms with van der Waals surface area (Å²) in [6, 6.07) is 9.38. The van der Waals surface area contributed by atoms with Crippen molar-refractivity contribution in [3.05, 3.63) is 58.5 Å². The Labute approximate surface area is 184 Å². The molecule has 1 N–H and O–H groups in total. The zero-order chi connectivity index (χ0) is 21.4. The molecule has 0 aromatic carbocycles. The average molecular weight is 441 g/mol. The van der Waals surface area contributed by atoms with Gasteiger partial charge in [-0.3, -0.25) is 9.78 Å². The first-order valence-electron chi connectivity index (χ1n) is 10.4. The van der Waals surface area contributed by atoms with Crippen LogP contribution in [0.5, 0.6) is 5.75 Å². The summed E-state index contributed by atoms with van der Waals surface area (Å²) in [5, 5.41) is 9.17. The molecule has 0 atom stereocenters. The van der Waals surface area contributed by atoms with E-state index in [9.17, 15) is 4.79 Å². The summed E-state index contributed by atoms with van der Waals surface area (Å²) in [5.74, 6) is 1.27. The molecule has 8 heteroatoms. The molecule has 0 radical (unpaired) electrons. The minimum atomic E-state index is -0.356. The standard InChI is InChI=1S/C23H24N2O5S/c1-28-15-2-4-18(24-13-15)21-12-17-20(31-21)6-11-29-23(17)7-9-25(10-8-23)22(27)19-5-3-16(14-26)30-19/h2-5,12-13,26H,6-11,14H2,1H3. The lowest BCUT2D eigenvalue weighted by atomic mass is 9.82. The van der Waals surface area contributed by atoms with Gasteiger partial charge < -0.3 is 23.9 Å². The van der Waals surface area contributed by atoms with Crippen molar-refractivity contribution >= 4 is 17.2 Å². The van der Waals surface area contributed by atoms with Crippen molar-refractivity contribution in [2.45, 2.75) is 31.5 Å². The van der Waals surface area contributed by atoms with E-state index in [0.717, 1.165) is 35.6 Å². The maximum Gasteiger partial charge on any atom is 0.289 e. The Balaban J connectivity index is 1.35. The van der Waals surface area contributed by atoms with Gasteiger partial charge in [0.05, 0.1) is 36.1 Å². The van der Waals surface area contributed by atoms with E-state index in [1.807, 2.05) is 12.1 Å². The normalized spacial score (nSPS) is 17.5. The Morgan fingerprint density at radius 1 is 1.29 bits per heavy atom. The number of carbonyl (C=O) groups is 1. The Bertz CT molecular complexity index is 1080. The second-order valence-corrected chi connectivity index (χ2v) is 8.98. The number of aromatic nitrogens is 1. The summed E-state index contributed by atoms with van der Waals surface area (Å²) >= 11 is 1.78. The summed E-state index contributed by atoms with van der Waals surface area (Å²) in [6.45, 7) is 1.67. The summed E-state index contributed by atoms with van der Waals surface area (Å²) in [4.78, 5) is 21.6. The fraction of sp³-hybridized carbons (Fsp3) is 0.391. The molecule has 0 saturated carbocycles. The lowest BCUT2D eigenvalue weighted by Gasteiger charge is -2.43. The Hall–Kier alpha value is -2.68. The van der Waals surface area contributed by atoms with Crippen LogP contribution < -0.4 is 4.74 Å². The van der Waals surface area contributed by atoms with Crippen LogP contribution in [0, 0.1) is 0 Å². The lowest BCUT2D eigenvalue weighted by Crippen LogP contribution is -2.48. The third-order valence-corrected chi connectivity index (χ3v) is 7.34. The van der Waals surface area contributed by atoms with E-state index >= 15 is 0 Å². The molecule has 1 saturated heterocycles. The van der Waals surface area contributed by atoms with Crippen LogP contribution in [-0.2, 0) is 23.4 Å². The number of aliphatic hydroxyl groups is 1. The van der Waals surface area contributed by atoms with Crippen molar-refractivity contribution in [1.82, 2.24) is 9.88 Å². The van der Waals surface area contributed by atoms with Crippen LogP contribution in [0.4, 0.5) is 0 Å². The first-order valence-corrected chi connectivity index (χ1v) is 11.2. The number of fused-ring (bicyclic) bond motifs is 2. The Kier molecular flexibility index (Phi) is 5.29. The minimum absolute atomic E-state index is 0.140. The molecular weight excluding hydrogens is 416 g/mol. The molecule has 162 valence electrons. The third kappa shape index (κ3) is 3.64. The maximum atomic E-state index is 12.8. The summed E-state index contributed by atoms with van der Waals surface area (Å²) in [7, 11) is 1.64. The predicted molar refractivity (Wildman–Crippen MR) is 115 cm³/mol. The second-order valence-electron chi connectivity index (χ2n) is 7.84. The highest BCUT2D eigenvalue weighted by molar-refractivity contribution is 7.15. The van der Waals surface area contributed by atoms with Crippen LogP contribution in [0.1, 0.15) is 39.6 Å². The maximum absolute atomic E-state index is 12.8. The van der Waals surface area contributed by atoms with Gasteiger partial charge in [-0.15, -0.1) is 11.3 Å². The van der Waals surface area contributed by atoms with E-state index in [1.54, 1.807) is 41.7 Å². The van der Waals surface area contributed by atoms with Crippen LogP contribution in [0.15, 0.2) is 40.9 Å². The third-order valence-electron chi connectivity index (χ3n) is 6.12. The largest absolute Gasteiger partial charge is 0.495 e. The van der Waals surface area contributed by atoms with E-state index in [1.165, 1.54) is 10.4 Å². The molecule has 3 aromatic heterocycles. The van der Waals surface area contributed by atoms with Gasteiger partial charge in [-0.05, 0) is 48.7 Å². The minimum Gasteiger partial charge on any atom is -0.495 e. The van der Waals surface area contributed by atoms with Crippen LogP contribution in [-0.4, -0.2) is 47.7 Å². The van der Waals surface area contributed by atoms with Gasteiger partial charge in [-0.2, -0.15) is 0 Å². The van der Waals surface area contributed by atoms with Crippen molar-refractivity contribution in [3.8, 4) is 16.3 Å². The van der Waals surface area contributed by atoms with Crippen LogP contribution in [0.25, 0.3) is 10.6 Å². The van der Waals surface area contributed by atoms with Crippen LogP contribution in [0.3, 0.4) is 0 Å². The number of likely N-dealkylation sites (tertiary alicyclic amines) is 1. The van der Waals surface area contributed by atoms with E-state index in [-0.39, 0.29) is 23.9 Å². The number of piperidine rings is 1. The Morgan fingerprint density at radius 3 is 2.81 bits per heavy atom. The molecular formula is C23H24N2O5S. The van der Waals surface area contributed by atoms with Gasteiger partial charge in [0.2, 0.25) is 0 Å². The van der Waals surface area contributed by atoms with Gasteiger partial charge in [-0.1, -0.05) is 0 Å². The van der Waals surface area contributed by atoms with Crippen molar-refractivity contribution in [2.75, 3.05) is 26.8 Å². The molecule has 2 aliphatic rings. The van der Waals surface area contributed by atoms with Crippen molar-refractivity contribution in [2.24, 2.45) is 0 Å².